The molecule has 0 heterocycles. The smallest absolute Gasteiger partial charge is 0.132 e. The van der Waals surface area contributed by atoms with E-state index in [0.717, 1.165) is 25.7 Å². The molecule has 0 aromatic rings. The van der Waals surface area contributed by atoms with Crippen molar-refractivity contribution in [3.8, 4) is 0 Å². The van der Waals surface area contributed by atoms with Crippen LogP contribution in [0.1, 0.15) is 226 Å². The summed E-state index contributed by atoms with van der Waals surface area (Å²) in [5.41, 5.74) is 0. The Morgan fingerprint density at radius 1 is 0.270 bits per heavy atom. The average Bonchev–Trinajstić information content (AvgIpc) is 2.90. The number of ketones is 1. The minimum atomic E-state index is 0.528. The zero-order chi connectivity index (χ0) is 26.9. The molecule has 0 aliphatic heterocycles. The van der Waals surface area contributed by atoms with Crippen LogP contribution >= 0.6 is 0 Å². The molecule has 0 bridgehead atoms. The molecule has 0 unspecified atom stereocenters. The predicted octanol–water partition coefficient (Wildman–Crippen LogP) is 13.5. The van der Waals surface area contributed by atoms with Crippen molar-refractivity contribution in [2.24, 2.45) is 0 Å². The van der Waals surface area contributed by atoms with Gasteiger partial charge in [-0.2, -0.15) is 0 Å². The fraction of sp³-hybridized carbons (Fsp3) is 0.972. The third-order valence-electron chi connectivity index (χ3n) is 8.37. The number of Topliss-reactive ketones (excluding diaryl/α,β-unsaturated/α-hetero) is 1. The molecular weight excluding hydrogens is 448 g/mol. The van der Waals surface area contributed by atoms with Gasteiger partial charge in [-0.3, -0.25) is 4.79 Å². The van der Waals surface area contributed by atoms with E-state index in [0.29, 0.717) is 5.78 Å². The van der Waals surface area contributed by atoms with Crippen molar-refractivity contribution in [2.45, 2.75) is 226 Å². The zero-order valence-corrected chi connectivity index (χ0v) is 26.2. The van der Waals surface area contributed by atoms with E-state index in [-0.39, 0.29) is 0 Å². The van der Waals surface area contributed by atoms with Crippen molar-refractivity contribution in [2.75, 3.05) is 0 Å². The van der Waals surface area contributed by atoms with Gasteiger partial charge < -0.3 is 0 Å². The second-order valence-electron chi connectivity index (χ2n) is 12.3. The maximum atomic E-state index is 12.1. The zero-order valence-electron chi connectivity index (χ0n) is 26.2. The number of unbranched alkanes of at least 4 members (excludes halogenated alkanes) is 29. The lowest BCUT2D eigenvalue weighted by molar-refractivity contribution is -0.119. The Kier molecular flexibility index (Phi) is 33.4. The monoisotopic (exact) mass is 521 g/mol. The summed E-state index contributed by atoms with van der Waals surface area (Å²) in [4.78, 5) is 12.1. The van der Waals surface area contributed by atoms with Crippen molar-refractivity contribution in [3.63, 3.8) is 0 Å². The molecule has 0 amide bonds. The van der Waals surface area contributed by atoms with Gasteiger partial charge in [0.2, 0.25) is 0 Å². The summed E-state index contributed by atoms with van der Waals surface area (Å²) in [7, 11) is 0. The fourth-order valence-corrected chi connectivity index (χ4v) is 5.69. The van der Waals surface area contributed by atoms with E-state index in [1.54, 1.807) is 0 Å². The highest BCUT2D eigenvalue weighted by molar-refractivity contribution is 5.78. The predicted molar refractivity (Wildman–Crippen MR) is 169 cm³/mol. The minimum absolute atomic E-state index is 0.528. The van der Waals surface area contributed by atoms with Gasteiger partial charge in [-0.15, -0.1) is 0 Å². The molecule has 1 heteroatoms. The quantitative estimate of drug-likeness (QED) is 0.0786. The lowest BCUT2D eigenvalue weighted by atomic mass is 10.0. The highest BCUT2D eigenvalue weighted by Crippen LogP contribution is 2.16. The Balaban J connectivity index is 3.14. The summed E-state index contributed by atoms with van der Waals surface area (Å²) in [5.74, 6) is 0.528. The van der Waals surface area contributed by atoms with E-state index in [1.165, 1.54) is 186 Å². The van der Waals surface area contributed by atoms with Gasteiger partial charge in [0.1, 0.15) is 5.78 Å². The standard InChI is InChI=1S/C36H72O/c1-3-5-7-9-11-13-15-17-19-20-21-23-25-27-29-31-33-35-36(37)34-32-30-28-26-24-22-18-16-14-12-10-8-6-4-2/h3-35H2,1-2H3. The number of carbonyl (C=O) groups is 1. The van der Waals surface area contributed by atoms with Crippen LogP contribution in [0.4, 0.5) is 0 Å². The lowest BCUT2D eigenvalue weighted by Gasteiger charge is -2.04. The highest BCUT2D eigenvalue weighted by atomic mass is 16.1. The van der Waals surface area contributed by atoms with Crippen LogP contribution in [-0.2, 0) is 4.79 Å². The first-order valence-electron chi connectivity index (χ1n) is 17.8. The van der Waals surface area contributed by atoms with E-state index in [2.05, 4.69) is 13.8 Å². The van der Waals surface area contributed by atoms with Crippen LogP contribution in [0.25, 0.3) is 0 Å². The molecule has 0 rings (SSSR count). The first-order chi connectivity index (χ1) is 18.3. The van der Waals surface area contributed by atoms with Crippen LogP contribution in [0.15, 0.2) is 0 Å². The summed E-state index contributed by atoms with van der Waals surface area (Å²) in [6.45, 7) is 4.59. The molecular formula is C36H72O. The Morgan fingerprint density at radius 2 is 0.432 bits per heavy atom. The van der Waals surface area contributed by atoms with Gasteiger partial charge in [-0.05, 0) is 12.8 Å². The van der Waals surface area contributed by atoms with Crippen molar-refractivity contribution in [1.29, 1.82) is 0 Å². The molecule has 0 atom stereocenters. The second kappa shape index (κ2) is 33.7. The molecule has 0 aliphatic rings. The Bertz CT molecular complexity index is 415. The Morgan fingerprint density at radius 3 is 0.622 bits per heavy atom. The molecule has 0 aromatic carbocycles. The van der Waals surface area contributed by atoms with E-state index in [4.69, 9.17) is 0 Å². The van der Waals surface area contributed by atoms with Crippen LogP contribution in [-0.4, -0.2) is 5.78 Å². The summed E-state index contributed by atoms with van der Waals surface area (Å²) < 4.78 is 0. The molecule has 0 aromatic heterocycles. The van der Waals surface area contributed by atoms with Crippen molar-refractivity contribution in [1.82, 2.24) is 0 Å². The van der Waals surface area contributed by atoms with Crippen LogP contribution in [0.3, 0.4) is 0 Å². The topological polar surface area (TPSA) is 17.1 Å². The minimum Gasteiger partial charge on any atom is -0.300 e. The maximum Gasteiger partial charge on any atom is 0.132 e. The number of hydrogen-bond acceptors (Lipinski definition) is 1. The fourth-order valence-electron chi connectivity index (χ4n) is 5.69. The molecule has 0 radical (unpaired) electrons. The van der Waals surface area contributed by atoms with Gasteiger partial charge in [0.05, 0.1) is 0 Å². The lowest BCUT2D eigenvalue weighted by Crippen LogP contribution is -1.97. The average molecular weight is 521 g/mol. The largest absolute Gasteiger partial charge is 0.300 e. The highest BCUT2D eigenvalue weighted by Gasteiger charge is 2.02. The van der Waals surface area contributed by atoms with Crippen LogP contribution in [0.2, 0.25) is 0 Å². The summed E-state index contributed by atoms with van der Waals surface area (Å²) in [5, 5.41) is 0. The van der Waals surface area contributed by atoms with E-state index >= 15 is 0 Å². The number of hydrogen-bond donors (Lipinski definition) is 0. The van der Waals surface area contributed by atoms with Gasteiger partial charge in [0, 0.05) is 12.8 Å². The van der Waals surface area contributed by atoms with Crippen molar-refractivity contribution in [3.05, 3.63) is 0 Å². The molecule has 0 spiro atoms. The number of rotatable bonds is 33. The molecule has 0 fully saturated rings. The van der Waals surface area contributed by atoms with E-state index < -0.39 is 0 Å². The molecule has 0 saturated carbocycles. The molecule has 1 nitrogen and oxygen atoms in total. The first kappa shape index (κ1) is 36.7. The van der Waals surface area contributed by atoms with E-state index in [9.17, 15) is 4.79 Å². The Labute approximate surface area is 236 Å². The van der Waals surface area contributed by atoms with E-state index in [1.807, 2.05) is 0 Å². The van der Waals surface area contributed by atoms with Crippen LogP contribution in [0, 0.1) is 0 Å². The molecule has 0 N–H and O–H groups in total. The normalized spacial score (nSPS) is 11.4. The van der Waals surface area contributed by atoms with Gasteiger partial charge in [-0.1, -0.05) is 200 Å². The van der Waals surface area contributed by atoms with Crippen molar-refractivity contribution < 1.29 is 4.79 Å². The first-order valence-corrected chi connectivity index (χ1v) is 17.8. The third-order valence-corrected chi connectivity index (χ3v) is 8.37. The third kappa shape index (κ3) is 33.6. The molecule has 222 valence electrons. The van der Waals surface area contributed by atoms with Crippen LogP contribution < -0.4 is 0 Å². The van der Waals surface area contributed by atoms with Crippen molar-refractivity contribution >= 4 is 5.78 Å². The maximum absolute atomic E-state index is 12.1. The molecule has 0 saturated heterocycles. The molecule has 0 aliphatic carbocycles. The molecule has 37 heavy (non-hydrogen) atoms. The van der Waals surface area contributed by atoms with Gasteiger partial charge in [0.25, 0.3) is 0 Å². The van der Waals surface area contributed by atoms with Gasteiger partial charge >= 0.3 is 0 Å². The summed E-state index contributed by atoms with van der Waals surface area (Å²) in [6, 6.07) is 0. The summed E-state index contributed by atoms with van der Waals surface area (Å²) in [6.07, 6.45) is 44.9. The van der Waals surface area contributed by atoms with Crippen LogP contribution in [0.5, 0.6) is 0 Å². The summed E-state index contributed by atoms with van der Waals surface area (Å²) >= 11 is 0. The number of carbonyl (C=O) groups excluding carboxylic acids is 1. The van der Waals surface area contributed by atoms with Gasteiger partial charge in [0.15, 0.2) is 0 Å². The second-order valence-corrected chi connectivity index (χ2v) is 12.3. The Hall–Kier alpha value is -0.330. The van der Waals surface area contributed by atoms with Gasteiger partial charge in [-0.25, -0.2) is 0 Å². The SMILES string of the molecule is CCCCCCCCCCCCCCCCCCCC(=O)CCCCCCCCCCCCCCCC.